The lowest BCUT2D eigenvalue weighted by Crippen LogP contribution is -2.32. The van der Waals surface area contributed by atoms with Crippen molar-refractivity contribution in [1.29, 1.82) is 0 Å². The molecule has 10 heteroatoms. The highest BCUT2D eigenvalue weighted by Gasteiger charge is 2.45. The molecule has 20 heavy (non-hydrogen) atoms. The van der Waals surface area contributed by atoms with E-state index in [2.05, 4.69) is 15.1 Å². The number of nitrogens with two attached hydrogens (primary N) is 1. The zero-order valence-corrected chi connectivity index (χ0v) is 12.2. The molecular formula is C10H11FIN5O3. The van der Waals surface area contributed by atoms with Crippen molar-refractivity contribution in [3.8, 4) is 0 Å². The average molecular weight is 395 g/mol. The number of nitrogens with zero attached hydrogens (tertiary/aromatic N) is 4. The first-order valence-electron chi connectivity index (χ1n) is 5.76. The van der Waals surface area contributed by atoms with Crippen LogP contribution in [0.1, 0.15) is 6.23 Å². The third-order valence-electron chi connectivity index (χ3n) is 3.21. The van der Waals surface area contributed by atoms with Gasteiger partial charge >= 0.3 is 0 Å². The van der Waals surface area contributed by atoms with Gasteiger partial charge in [0.1, 0.15) is 40.8 Å². The molecule has 1 aliphatic rings. The summed E-state index contributed by atoms with van der Waals surface area (Å²) in [6.07, 6.45) is -3.47. The number of hydrogen-bond acceptors (Lipinski definition) is 7. The number of alkyl halides is 1. The molecule has 2 aromatic heterocycles. The monoisotopic (exact) mass is 395 g/mol. The fraction of sp³-hybridized carbons (Fsp3) is 0.500. The average Bonchev–Trinajstić information content (AvgIpc) is 2.90. The molecule has 4 atom stereocenters. The minimum absolute atomic E-state index is 0.251. The van der Waals surface area contributed by atoms with E-state index in [0.29, 0.717) is 14.7 Å². The molecule has 3 rings (SSSR count). The summed E-state index contributed by atoms with van der Waals surface area (Å²) in [6, 6.07) is 0. The first kappa shape index (κ1) is 13.9. The van der Waals surface area contributed by atoms with Crippen molar-refractivity contribution in [3.63, 3.8) is 0 Å². The van der Waals surface area contributed by atoms with Crippen LogP contribution in [0, 0.1) is 3.70 Å². The Hall–Kier alpha value is -1.11. The lowest BCUT2D eigenvalue weighted by atomic mass is 10.1. The number of ether oxygens (including phenoxy) is 1. The molecule has 4 N–H and O–H groups in total. The van der Waals surface area contributed by atoms with Crippen LogP contribution in [0.4, 0.5) is 10.2 Å². The van der Waals surface area contributed by atoms with Gasteiger partial charge in [-0.05, 0) is 22.6 Å². The fourth-order valence-corrected chi connectivity index (χ4v) is 2.94. The van der Waals surface area contributed by atoms with Gasteiger partial charge in [0.15, 0.2) is 11.9 Å². The number of aliphatic hydroxyl groups excluding tert-OH is 2. The third kappa shape index (κ3) is 1.94. The molecule has 108 valence electrons. The highest BCUT2D eigenvalue weighted by Crippen LogP contribution is 2.33. The molecule has 0 bridgehead atoms. The number of rotatable bonds is 2. The molecule has 1 saturated heterocycles. The Morgan fingerprint density at radius 1 is 1.40 bits per heavy atom. The summed E-state index contributed by atoms with van der Waals surface area (Å²) in [5.41, 5.74) is 6.12. The van der Waals surface area contributed by atoms with E-state index in [1.807, 2.05) is 22.6 Å². The Morgan fingerprint density at radius 3 is 2.80 bits per heavy atom. The van der Waals surface area contributed by atoms with Crippen LogP contribution in [0.15, 0.2) is 6.33 Å². The number of fused-ring (bicyclic) bond motifs is 1. The Kier molecular flexibility index (Phi) is 3.48. The maximum absolute atomic E-state index is 12.7. The van der Waals surface area contributed by atoms with Gasteiger partial charge in [-0.3, -0.25) is 0 Å². The largest absolute Gasteiger partial charge is 0.387 e. The highest BCUT2D eigenvalue weighted by molar-refractivity contribution is 14.1. The Morgan fingerprint density at radius 2 is 2.15 bits per heavy atom. The molecule has 0 radical (unpaired) electrons. The number of halogens is 2. The zero-order valence-electron chi connectivity index (χ0n) is 10.0. The summed E-state index contributed by atoms with van der Waals surface area (Å²) >= 11 is 1.95. The molecule has 3 heterocycles. The maximum atomic E-state index is 12.7. The fourth-order valence-electron chi connectivity index (χ4n) is 2.19. The van der Waals surface area contributed by atoms with Crippen molar-refractivity contribution in [2.75, 3.05) is 12.4 Å². The molecule has 2 aromatic rings. The molecule has 0 spiro atoms. The summed E-state index contributed by atoms with van der Waals surface area (Å²) in [4.78, 5) is 7.92. The van der Waals surface area contributed by atoms with Crippen LogP contribution in [-0.4, -0.2) is 54.9 Å². The number of nitrogen functional groups attached to an aromatic ring is 1. The first-order valence-corrected chi connectivity index (χ1v) is 6.84. The number of hydrogen-bond donors (Lipinski definition) is 3. The van der Waals surface area contributed by atoms with Crippen molar-refractivity contribution >= 4 is 39.4 Å². The topological polar surface area (TPSA) is 119 Å². The summed E-state index contributed by atoms with van der Waals surface area (Å²) in [6.45, 7) is -0.901. The molecule has 0 amide bonds. The van der Waals surface area contributed by atoms with Gasteiger partial charge in [-0.1, -0.05) is 0 Å². The summed E-state index contributed by atoms with van der Waals surface area (Å²) < 4.78 is 19.8. The Labute approximate surface area is 125 Å². The van der Waals surface area contributed by atoms with Crippen LogP contribution in [0.2, 0.25) is 0 Å². The van der Waals surface area contributed by atoms with Gasteiger partial charge in [0.25, 0.3) is 0 Å². The van der Waals surface area contributed by atoms with E-state index in [0.717, 1.165) is 0 Å². The van der Waals surface area contributed by atoms with Crippen LogP contribution in [0.3, 0.4) is 0 Å². The standard InChI is InChI=1S/C10H11FIN5O3/c11-1-3-5(18)6(19)10(20-3)17-9-4(7(12)16-17)8(13)14-2-15-9/h2-3,5-6,10,18-19H,1H2,(H2,13,14,15)/t3-,5-,6-,10?/m1/s1. The molecule has 0 saturated carbocycles. The highest BCUT2D eigenvalue weighted by atomic mass is 127. The maximum Gasteiger partial charge on any atom is 0.181 e. The normalized spacial score (nSPS) is 30.2. The van der Waals surface area contributed by atoms with Crippen molar-refractivity contribution in [2.45, 2.75) is 24.5 Å². The number of anilines is 1. The van der Waals surface area contributed by atoms with E-state index < -0.39 is 31.2 Å². The minimum atomic E-state index is -1.32. The Balaban J connectivity index is 2.10. The zero-order chi connectivity index (χ0) is 14.4. The first-order chi connectivity index (χ1) is 9.54. The van der Waals surface area contributed by atoms with Crippen molar-refractivity contribution < 1.29 is 19.3 Å². The molecule has 0 aliphatic carbocycles. The smallest absolute Gasteiger partial charge is 0.181 e. The predicted molar refractivity (Wildman–Crippen MR) is 74.4 cm³/mol. The number of aromatic nitrogens is 4. The van der Waals surface area contributed by atoms with Crippen LogP contribution in [-0.2, 0) is 4.74 Å². The van der Waals surface area contributed by atoms with Gasteiger partial charge in [-0.25, -0.2) is 19.0 Å². The molecule has 1 fully saturated rings. The van der Waals surface area contributed by atoms with E-state index >= 15 is 0 Å². The summed E-state index contributed by atoms with van der Waals surface area (Å²) in [7, 11) is 0. The molecule has 0 aromatic carbocycles. The van der Waals surface area contributed by atoms with E-state index in [1.54, 1.807) is 0 Å². The van der Waals surface area contributed by atoms with Gasteiger partial charge in [0.05, 0.1) is 5.39 Å². The second kappa shape index (κ2) is 5.02. The van der Waals surface area contributed by atoms with E-state index in [9.17, 15) is 14.6 Å². The Bertz CT molecular complexity index is 653. The lowest BCUT2D eigenvalue weighted by Gasteiger charge is -2.15. The van der Waals surface area contributed by atoms with Crippen LogP contribution in [0.5, 0.6) is 0 Å². The lowest BCUT2D eigenvalue weighted by molar-refractivity contribution is -0.0475. The van der Waals surface area contributed by atoms with Crippen LogP contribution < -0.4 is 5.73 Å². The molecule has 1 aliphatic heterocycles. The SMILES string of the molecule is Nc1ncnc2c1c(I)nn2C1O[C@H](CF)[C@@H](O)[C@H]1O. The van der Waals surface area contributed by atoms with Crippen molar-refractivity contribution in [1.82, 2.24) is 19.7 Å². The van der Waals surface area contributed by atoms with Gasteiger partial charge in [-0.2, -0.15) is 5.10 Å². The predicted octanol–water partition coefficient (Wildman–Crippen LogP) is -0.398. The molecular weight excluding hydrogens is 384 g/mol. The summed E-state index contributed by atoms with van der Waals surface area (Å²) in [5.74, 6) is 0.251. The molecule has 8 nitrogen and oxygen atoms in total. The van der Waals surface area contributed by atoms with E-state index in [-0.39, 0.29) is 5.82 Å². The van der Waals surface area contributed by atoms with Gasteiger partial charge in [-0.15, -0.1) is 0 Å². The summed E-state index contributed by atoms with van der Waals surface area (Å²) in [5, 5.41) is 24.4. The second-order valence-electron chi connectivity index (χ2n) is 4.39. The van der Waals surface area contributed by atoms with Gasteiger partial charge < -0.3 is 20.7 Å². The molecule has 1 unspecified atom stereocenters. The number of aliphatic hydroxyl groups is 2. The minimum Gasteiger partial charge on any atom is -0.387 e. The van der Waals surface area contributed by atoms with Crippen molar-refractivity contribution in [2.24, 2.45) is 0 Å². The van der Waals surface area contributed by atoms with Crippen LogP contribution in [0.25, 0.3) is 11.0 Å². The quantitative estimate of drug-likeness (QED) is 0.593. The van der Waals surface area contributed by atoms with Gasteiger partial charge in [0, 0.05) is 0 Å². The second-order valence-corrected chi connectivity index (χ2v) is 5.42. The van der Waals surface area contributed by atoms with Gasteiger partial charge in [0.2, 0.25) is 0 Å². The third-order valence-corrected chi connectivity index (χ3v) is 3.96. The van der Waals surface area contributed by atoms with Crippen LogP contribution >= 0.6 is 22.6 Å². The van der Waals surface area contributed by atoms with E-state index in [4.69, 9.17) is 10.5 Å². The van der Waals surface area contributed by atoms with Crippen molar-refractivity contribution in [3.05, 3.63) is 10.0 Å². The van der Waals surface area contributed by atoms with E-state index in [1.165, 1.54) is 11.0 Å².